The molecule has 3 aromatic rings. The third kappa shape index (κ3) is 6.62. The average molecular weight is 564 g/mol. The molecule has 208 valence electrons. The maximum atomic E-state index is 13.6. The molecule has 0 aliphatic carbocycles. The summed E-state index contributed by atoms with van der Waals surface area (Å²) in [4.78, 5) is 40.2. The van der Waals surface area contributed by atoms with Crippen molar-refractivity contribution in [2.24, 2.45) is 7.05 Å². The van der Waals surface area contributed by atoms with Gasteiger partial charge in [-0.15, -0.1) is 0 Å². The molecule has 0 bridgehead atoms. The van der Waals surface area contributed by atoms with Crippen LogP contribution in [0, 0.1) is 11.8 Å². The van der Waals surface area contributed by atoms with Crippen LogP contribution < -0.4 is 16.1 Å². The highest BCUT2D eigenvalue weighted by molar-refractivity contribution is 6.30. The number of benzene rings is 2. The molecule has 0 radical (unpaired) electrons. The number of cyclic esters (lactones) is 1. The molecule has 0 spiro atoms. The Balaban J connectivity index is 1.44. The molecule has 2 amide bonds. The molecular formula is C29H30ClN5O5. The van der Waals surface area contributed by atoms with Crippen molar-refractivity contribution in [3.63, 3.8) is 0 Å². The van der Waals surface area contributed by atoms with Crippen LogP contribution in [-0.4, -0.2) is 65.6 Å². The molecule has 11 heteroatoms. The first-order chi connectivity index (χ1) is 19.4. The van der Waals surface area contributed by atoms with Crippen LogP contribution in [0.3, 0.4) is 0 Å². The van der Waals surface area contributed by atoms with Crippen molar-refractivity contribution in [1.29, 1.82) is 0 Å². The van der Waals surface area contributed by atoms with E-state index >= 15 is 0 Å². The van der Waals surface area contributed by atoms with Crippen molar-refractivity contribution < 1.29 is 19.1 Å². The normalized spacial score (nSPS) is 17.1. The van der Waals surface area contributed by atoms with Crippen LogP contribution in [0.1, 0.15) is 40.0 Å². The molecule has 1 aromatic heterocycles. The van der Waals surface area contributed by atoms with Crippen molar-refractivity contribution in [2.75, 3.05) is 32.9 Å². The van der Waals surface area contributed by atoms with Gasteiger partial charge in [-0.05, 0) is 41.8 Å². The second-order valence-corrected chi connectivity index (χ2v) is 10.3. The van der Waals surface area contributed by atoms with Crippen molar-refractivity contribution in [3.05, 3.63) is 74.0 Å². The number of ether oxygens (including phenoxy) is 2. The third-order valence-electron chi connectivity index (χ3n) is 6.87. The average Bonchev–Trinajstić information content (AvgIpc) is 3.37. The minimum absolute atomic E-state index is 0.0637. The van der Waals surface area contributed by atoms with Crippen molar-refractivity contribution in [3.8, 4) is 11.8 Å². The molecule has 2 fully saturated rings. The molecule has 3 heterocycles. The molecule has 40 heavy (non-hydrogen) atoms. The van der Waals surface area contributed by atoms with Gasteiger partial charge in [-0.25, -0.2) is 4.79 Å². The lowest BCUT2D eigenvalue weighted by Gasteiger charge is -2.26. The second kappa shape index (κ2) is 12.5. The van der Waals surface area contributed by atoms with Crippen molar-refractivity contribution in [2.45, 2.75) is 32.0 Å². The largest absolute Gasteiger partial charge is 0.447 e. The topological polar surface area (TPSA) is 115 Å². The SMILES string of the molecule is Cn1nc(C(=O)NCc2ccc(Cl)cc2)c(=O)c2cc(CN3CCOCC3)cc(C#CCCC3COC(=O)N3)c21. The zero-order chi connectivity index (χ0) is 28.1. The molecule has 5 rings (SSSR count). The van der Waals surface area contributed by atoms with Gasteiger partial charge in [-0.3, -0.25) is 19.2 Å². The predicted molar refractivity (Wildman–Crippen MR) is 150 cm³/mol. The fourth-order valence-corrected chi connectivity index (χ4v) is 4.92. The van der Waals surface area contributed by atoms with Gasteiger partial charge in [0, 0.05) is 44.7 Å². The number of nitrogens with zero attached hydrogens (tertiary/aromatic N) is 3. The maximum Gasteiger partial charge on any atom is 0.407 e. The number of fused-ring (bicyclic) bond motifs is 1. The fraction of sp³-hybridized carbons (Fsp3) is 0.379. The van der Waals surface area contributed by atoms with Gasteiger partial charge in [0.1, 0.15) is 6.61 Å². The standard InChI is InChI=1S/C29H30ClN5O5/c1-34-26-21(4-2-3-5-23-18-40-29(38)32-23)14-20(17-35-10-12-39-13-11-35)15-24(26)27(36)25(33-34)28(37)31-16-19-6-8-22(30)9-7-19/h6-9,14-15,23H,3,5,10-13,16-18H2,1H3,(H,31,37)(H,32,38). The van der Waals surface area contributed by atoms with E-state index in [1.807, 2.05) is 24.3 Å². The molecule has 1 atom stereocenters. The number of halogens is 1. The highest BCUT2D eigenvalue weighted by Crippen LogP contribution is 2.20. The van der Waals surface area contributed by atoms with E-state index in [0.717, 1.165) is 24.2 Å². The summed E-state index contributed by atoms with van der Waals surface area (Å²) in [7, 11) is 1.70. The smallest absolute Gasteiger partial charge is 0.407 e. The summed E-state index contributed by atoms with van der Waals surface area (Å²) in [5.74, 6) is 5.83. The van der Waals surface area contributed by atoms with Gasteiger partial charge in [-0.1, -0.05) is 35.6 Å². The van der Waals surface area contributed by atoms with Crippen LogP contribution in [0.2, 0.25) is 5.02 Å². The summed E-state index contributed by atoms with van der Waals surface area (Å²) in [5.41, 5.74) is 2.38. The lowest BCUT2D eigenvalue weighted by molar-refractivity contribution is 0.0342. The van der Waals surface area contributed by atoms with E-state index < -0.39 is 17.4 Å². The minimum Gasteiger partial charge on any atom is -0.447 e. The van der Waals surface area contributed by atoms with E-state index in [2.05, 4.69) is 32.5 Å². The summed E-state index contributed by atoms with van der Waals surface area (Å²) < 4.78 is 12.0. The molecule has 1 unspecified atom stereocenters. The number of nitrogens with one attached hydrogen (secondary N) is 2. The van der Waals surface area contributed by atoms with Gasteiger partial charge >= 0.3 is 6.09 Å². The van der Waals surface area contributed by atoms with E-state index in [1.165, 1.54) is 0 Å². The Hall–Kier alpha value is -3.91. The first-order valence-corrected chi connectivity index (χ1v) is 13.5. The minimum atomic E-state index is -0.551. The van der Waals surface area contributed by atoms with E-state index in [9.17, 15) is 14.4 Å². The Bertz CT molecular complexity index is 1540. The van der Waals surface area contributed by atoms with Crippen molar-refractivity contribution >= 4 is 34.5 Å². The molecule has 2 aromatic carbocycles. The summed E-state index contributed by atoms with van der Waals surface area (Å²) in [6.45, 7) is 4.10. The maximum absolute atomic E-state index is 13.6. The van der Waals surface area contributed by atoms with Crippen LogP contribution in [-0.2, 0) is 29.6 Å². The number of rotatable bonds is 7. The summed E-state index contributed by atoms with van der Waals surface area (Å²) in [6.07, 6.45) is 0.781. The first-order valence-electron chi connectivity index (χ1n) is 13.2. The van der Waals surface area contributed by atoms with Crippen LogP contribution in [0.5, 0.6) is 0 Å². The quantitative estimate of drug-likeness (QED) is 0.425. The van der Waals surface area contributed by atoms with E-state index in [4.69, 9.17) is 21.1 Å². The summed E-state index contributed by atoms with van der Waals surface area (Å²) in [5, 5.41) is 10.9. The van der Waals surface area contributed by atoms with Gasteiger partial charge in [-0.2, -0.15) is 5.10 Å². The number of alkyl carbamates (subject to hydrolysis) is 1. The van der Waals surface area contributed by atoms with Crippen LogP contribution in [0.4, 0.5) is 4.79 Å². The number of hydrogen-bond donors (Lipinski definition) is 2. The van der Waals surface area contributed by atoms with Gasteiger partial charge < -0.3 is 20.1 Å². The number of carbonyl (C=O) groups is 2. The number of aromatic nitrogens is 2. The van der Waals surface area contributed by atoms with Gasteiger partial charge in [0.25, 0.3) is 5.91 Å². The van der Waals surface area contributed by atoms with Crippen LogP contribution >= 0.6 is 11.6 Å². The molecule has 2 aliphatic rings. The van der Waals surface area contributed by atoms with Crippen LogP contribution in [0.15, 0.2) is 41.2 Å². The zero-order valence-electron chi connectivity index (χ0n) is 22.2. The predicted octanol–water partition coefficient (Wildman–Crippen LogP) is 2.59. The number of amides is 2. The number of hydrogen-bond acceptors (Lipinski definition) is 7. The monoisotopic (exact) mass is 563 g/mol. The Morgan fingerprint density at radius 1 is 1.18 bits per heavy atom. The Morgan fingerprint density at radius 2 is 1.95 bits per heavy atom. The van der Waals surface area contributed by atoms with E-state index in [0.29, 0.717) is 60.7 Å². The van der Waals surface area contributed by atoms with Gasteiger partial charge in [0.2, 0.25) is 5.43 Å². The highest BCUT2D eigenvalue weighted by atomic mass is 35.5. The summed E-state index contributed by atoms with van der Waals surface area (Å²) >= 11 is 5.95. The molecule has 0 saturated carbocycles. The number of aryl methyl sites for hydroxylation is 1. The van der Waals surface area contributed by atoms with Gasteiger partial charge in [0.05, 0.1) is 35.7 Å². The van der Waals surface area contributed by atoms with E-state index in [-0.39, 0.29) is 18.3 Å². The summed E-state index contributed by atoms with van der Waals surface area (Å²) in [6, 6.07) is 10.9. The highest BCUT2D eigenvalue weighted by Gasteiger charge is 2.22. The lowest BCUT2D eigenvalue weighted by atomic mass is 10.0. The molecule has 2 aliphatic heterocycles. The number of morpholine rings is 1. The zero-order valence-corrected chi connectivity index (χ0v) is 22.9. The van der Waals surface area contributed by atoms with Gasteiger partial charge in [0.15, 0.2) is 5.69 Å². The third-order valence-corrected chi connectivity index (χ3v) is 7.12. The van der Waals surface area contributed by atoms with Crippen molar-refractivity contribution in [1.82, 2.24) is 25.3 Å². The Labute approximate surface area is 236 Å². The molecule has 10 nitrogen and oxygen atoms in total. The molecule has 2 N–H and O–H groups in total. The first kappa shape index (κ1) is 27.6. The second-order valence-electron chi connectivity index (χ2n) is 9.82. The molecule has 2 saturated heterocycles. The van der Waals surface area contributed by atoms with Crippen LogP contribution in [0.25, 0.3) is 10.9 Å². The van der Waals surface area contributed by atoms with E-state index in [1.54, 1.807) is 23.9 Å². The number of carbonyl (C=O) groups excluding carboxylic acids is 2. The lowest BCUT2D eigenvalue weighted by Crippen LogP contribution is -2.35. The fourth-order valence-electron chi connectivity index (χ4n) is 4.80. The Morgan fingerprint density at radius 3 is 2.67 bits per heavy atom. The molecular weight excluding hydrogens is 534 g/mol. The Kier molecular flexibility index (Phi) is 8.65.